The molecule has 78 valence electrons. The highest BCUT2D eigenvalue weighted by Crippen LogP contribution is 2.46. The van der Waals surface area contributed by atoms with Gasteiger partial charge in [-0.05, 0) is 18.3 Å². The van der Waals surface area contributed by atoms with Crippen molar-refractivity contribution in [3.8, 4) is 0 Å². The molecule has 0 unspecified atom stereocenters. The van der Waals surface area contributed by atoms with E-state index < -0.39 is 4.83 Å². The van der Waals surface area contributed by atoms with Gasteiger partial charge in [-0.2, -0.15) is 0 Å². The third-order valence-electron chi connectivity index (χ3n) is 3.58. The summed E-state index contributed by atoms with van der Waals surface area (Å²) in [4.78, 5) is 22.7. The lowest BCUT2D eigenvalue weighted by molar-refractivity contribution is -0.134. The van der Waals surface area contributed by atoms with Crippen LogP contribution in [0.2, 0.25) is 0 Å². The number of alkyl halides is 1. The highest BCUT2D eigenvalue weighted by Gasteiger charge is 2.44. The Morgan fingerprint density at radius 1 is 1.00 bits per heavy atom. The van der Waals surface area contributed by atoms with Gasteiger partial charge in [-0.3, -0.25) is 9.59 Å². The fourth-order valence-electron chi connectivity index (χ4n) is 2.82. The summed E-state index contributed by atoms with van der Waals surface area (Å²) >= 11 is 3.17. The molecule has 2 nitrogen and oxygen atoms in total. The van der Waals surface area contributed by atoms with Crippen molar-refractivity contribution < 1.29 is 9.59 Å². The number of carbonyl (C=O) groups is 2. The maximum absolute atomic E-state index is 11.6. The molecule has 0 aromatic rings. The second-order valence-corrected chi connectivity index (χ2v) is 5.63. The average Bonchev–Trinajstić information content (AvgIpc) is 2.15. The molecule has 2 aliphatic carbocycles. The molecule has 0 bridgehead atoms. The van der Waals surface area contributed by atoms with Crippen LogP contribution in [0.1, 0.15) is 44.9 Å². The van der Waals surface area contributed by atoms with E-state index in [4.69, 9.17) is 0 Å². The van der Waals surface area contributed by atoms with Crippen LogP contribution < -0.4 is 0 Å². The number of halogens is 1. The van der Waals surface area contributed by atoms with E-state index >= 15 is 0 Å². The largest absolute Gasteiger partial charge is 0.298 e. The van der Waals surface area contributed by atoms with Crippen LogP contribution in [0.4, 0.5) is 0 Å². The molecule has 0 N–H and O–H groups in total. The van der Waals surface area contributed by atoms with Gasteiger partial charge >= 0.3 is 0 Å². The van der Waals surface area contributed by atoms with Crippen LogP contribution in [0.25, 0.3) is 0 Å². The highest BCUT2D eigenvalue weighted by atomic mass is 79.9. The second kappa shape index (κ2) is 3.76. The zero-order valence-corrected chi connectivity index (χ0v) is 9.81. The van der Waals surface area contributed by atoms with E-state index in [0.717, 1.165) is 12.8 Å². The molecule has 14 heavy (non-hydrogen) atoms. The summed E-state index contributed by atoms with van der Waals surface area (Å²) in [5.74, 6) is 0.200. The van der Waals surface area contributed by atoms with Crippen LogP contribution in [0.3, 0.4) is 0 Å². The molecule has 3 heteroatoms. The number of rotatable bonds is 0. The Kier molecular flexibility index (Phi) is 2.78. The van der Waals surface area contributed by atoms with Gasteiger partial charge in [0.15, 0.2) is 11.6 Å². The third kappa shape index (κ3) is 1.79. The third-order valence-corrected chi connectivity index (χ3v) is 4.60. The lowest BCUT2D eigenvalue weighted by Crippen LogP contribution is -2.42. The Balaban J connectivity index is 2.14. The van der Waals surface area contributed by atoms with Gasteiger partial charge in [-0.25, -0.2) is 0 Å². The number of hydrogen-bond acceptors (Lipinski definition) is 2. The van der Waals surface area contributed by atoms with Crippen molar-refractivity contribution >= 4 is 27.5 Å². The minimum absolute atomic E-state index is 0.0523. The molecule has 0 aliphatic heterocycles. The van der Waals surface area contributed by atoms with Gasteiger partial charge in [0.05, 0.1) is 0 Å². The fraction of sp³-hybridized carbons (Fsp3) is 0.818. The zero-order chi connectivity index (χ0) is 10.2. The van der Waals surface area contributed by atoms with E-state index in [1.54, 1.807) is 0 Å². The summed E-state index contributed by atoms with van der Waals surface area (Å²) in [6, 6.07) is 0. The van der Waals surface area contributed by atoms with Crippen molar-refractivity contribution in [2.75, 3.05) is 0 Å². The summed E-state index contributed by atoms with van der Waals surface area (Å²) in [5.41, 5.74) is 0.0523. The maximum atomic E-state index is 11.6. The van der Waals surface area contributed by atoms with Gasteiger partial charge in [0.2, 0.25) is 0 Å². The van der Waals surface area contributed by atoms with Crippen molar-refractivity contribution in [1.29, 1.82) is 0 Å². The molecule has 1 spiro atoms. The monoisotopic (exact) mass is 258 g/mol. The number of carbonyl (C=O) groups excluding carboxylic acids is 2. The van der Waals surface area contributed by atoms with Crippen molar-refractivity contribution in [1.82, 2.24) is 0 Å². The molecule has 0 heterocycles. The minimum Gasteiger partial charge on any atom is -0.298 e. The quantitative estimate of drug-likeness (QED) is 0.495. The molecule has 0 saturated heterocycles. The van der Waals surface area contributed by atoms with Gasteiger partial charge in [0, 0.05) is 12.8 Å². The Hall–Kier alpha value is -0.180. The SMILES string of the molecule is O=C1CC2(CCCCC2)CC(=O)C1Br. The van der Waals surface area contributed by atoms with Gasteiger partial charge in [-0.1, -0.05) is 35.2 Å². The van der Waals surface area contributed by atoms with Crippen LogP contribution in [0.15, 0.2) is 0 Å². The first-order valence-electron chi connectivity index (χ1n) is 5.33. The molecule has 2 rings (SSSR count). The van der Waals surface area contributed by atoms with Gasteiger partial charge in [-0.15, -0.1) is 0 Å². The average molecular weight is 259 g/mol. The smallest absolute Gasteiger partial charge is 0.154 e. The molecule has 0 aromatic carbocycles. The van der Waals surface area contributed by atoms with Crippen LogP contribution >= 0.6 is 15.9 Å². The summed E-state index contributed by atoms with van der Waals surface area (Å²) in [5, 5.41) is 0. The van der Waals surface area contributed by atoms with E-state index in [-0.39, 0.29) is 17.0 Å². The Morgan fingerprint density at radius 3 is 2.00 bits per heavy atom. The first-order chi connectivity index (χ1) is 6.63. The lowest BCUT2D eigenvalue weighted by atomic mass is 9.65. The second-order valence-electron chi connectivity index (χ2n) is 4.71. The lowest BCUT2D eigenvalue weighted by Gasteiger charge is -2.40. The topological polar surface area (TPSA) is 34.1 Å². The van der Waals surface area contributed by atoms with Gasteiger partial charge in [0.25, 0.3) is 0 Å². The normalized spacial score (nSPS) is 28.4. The molecule has 0 atom stereocenters. The molecule has 2 saturated carbocycles. The molecule has 0 radical (unpaired) electrons. The van der Waals surface area contributed by atoms with E-state index in [0.29, 0.717) is 12.8 Å². The molecular weight excluding hydrogens is 244 g/mol. The minimum atomic E-state index is -0.505. The predicted molar refractivity (Wildman–Crippen MR) is 57.5 cm³/mol. The Labute approximate surface area is 92.6 Å². The van der Waals surface area contributed by atoms with Gasteiger partial charge < -0.3 is 0 Å². The summed E-state index contributed by atoms with van der Waals surface area (Å²) < 4.78 is 0. The van der Waals surface area contributed by atoms with Crippen LogP contribution in [0, 0.1) is 5.41 Å². The van der Waals surface area contributed by atoms with Crippen LogP contribution in [0.5, 0.6) is 0 Å². The van der Waals surface area contributed by atoms with E-state index in [1.165, 1.54) is 19.3 Å². The molecular formula is C11H15BrO2. The summed E-state index contributed by atoms with van der Waals surface area (Å²) in [6.07, 6.45) is 7.03. The zero-order valence-electron chi connectivity index (χ0n) is 8.22. The standard InChI is InChI=1S/C11H15BrO2/c12-10-8(13)6-11(7-9(10)14)4-2-1-3-5-11/h10H,1-7H2. The molecule has 2 aliphatic rings. The fourth-order valence-corrected chi connectivity index (χ4v) is 3.14. The Bertz CT molecular complexity index is 246. The van der Waals surface area contributed by atoms with Crippen molar-refractivity contribution in [3.05, 3.63) is 0 Å². The molecule has 0 amide bonds. The van der Waals surface area contributed by atoms with Crippen molar-refractivity contribution in [2.45, 2.75) is 49.8 Å². The van der Waals surface area contributed by atoms with Gasteiger partial charge in [0.1, 0.15) is 4.83 Å². The summed E-state index contributed by atoms with van der Waals surface area (Å²) in [6.45, 7) is 0. The number of ketones is 2. The number of hydrogen-bond donors (Lipinski definition) is 0. The molecule has 2 fully saturated rings. The number of Topliss-reactive ketones (excluding diaryl/α,β-unsaturated/α-hetero) is 2. The summed E-state index contributed by atoms with van der Waals surface area (Å²) in [7, 11) is 0. The van der Waals surface area contributed by atoms with Crippen LogP contribution in [-0.2, 0) is 9.59 Å². The van der Waals surface area contributed by atoms with Crippen LogP contribution in [-0.4, -0.2) is 16.4 Å². The van der Waals surface area contributed by atoms with Crippen molar-refractivity contribution in [2.24, 2.45) is 5.41 Å². The first-order valence-corrected chi connectivity index (χ1v) is 6.24. The van der Waals surface area contributed by atoms with E-state index in [9.17, 15) is 9.59 Å². The maximum Gasteiger partial charge on any atom is 0.154 e. The highest BCUT2D eigenvalue weighted by molar-refractivity contribution is 9.10. The van der Waals surface area contributed by atoms with E-state index in [2.05, 4.69) is 15.9 Å². The Morgan fingerprint density at radius 2 is 1.50 bits per heavy atom. The van der Waals surface area contributed by atoms with E-state index in [1.807, 2.05) is 0 Å². The predicted octanol–water partition coefficient (Wildman–Crippen LogP) is 2.63. The molecule has 0 aromatic heterocycles. The van der Waals surface area contributed by atoms with Crippen molar-refractivity contribution in [3.63, 3.8) is 0 Å². The first kappa shape index (κ1) is 10.3.